The Bertz CT molecular complexity index is 940. The van der Waals surface area contributed by atoms with Crippen LogP contribution in [0.1, 0.15) is 42.8 Å². The molecule has 0 bridgehead atoms. The number of hydrogen-bond donors (Lipinski definition) is 1. The summed E-state index contributed by atoms with van der Waals surface area (Å²) in [6, 6.07) is 9.74. The third-order valence-corrected chi connectivity index (χ3v) is 4.86. The molecule has 7 heteroatoms. The van der Waals surface area contributed by atoms with E-state index in [0.717, 1.165) is 5.56 Å². The van der Waals surface area contributed by atoms with Gasteiger partial charge in [-0.1, -0.05) is 51.1 Å². The highest BCUT2D eigenvalue weighted by Gasteiger charge is 2.38. The Morgan fingerprint density at radius 2 is 1.81 bits per heavy atom. The van der Waals surface area contributed by atoms with E-state index in [1.54, 1.807) is 4.90 Å². The van der Waals surface area contributed by atoms with Crippen LogP contribution in [-0.4, -0.2) is 39.6 Å². The molecular weight excluding hydrogens is 346 g/mol. The molecule has 1 amide bonds. The summed E-state index contributed by atoms with van der Waals surface area (Å²) in [5, 5.41) is 0. The molecule has 0 unspecified atom stereocenters. The van der Waals surface area contributed by atoms with Gasteiger partial charge in [-0.2, -0.15) is 0 Å². The molecule has 1 aliphatic rings. The minimum atomic E-state index is -0.668. The molecule has 0 aliphatic carbocycles. The van der Waals surface area contributed by atoms with Crippen molar-refractivity contribution >= 4 is 5.91 Å². The van der Waals surface area contributed by atoms with Gasteiger partial charge in [0.2, 0.25) is 0 Å². The van der Waals surface area contributed by atoms with Crippen molar-refractivity contribution in [2.75, 3.05) is 13.1 Å². The quantitative estimate of drug-likeness (QED) is 0.871. The molecule has 27 heavy (non-hydrogen) atoms. The van der Waals surface area contributed by atoms with Gasteiger partial charge in [0.1, 0.15) is 11.7 Å². The number of amides is 1. The van der Waals surface area contributed by atoms with E-state index < -0.39 is 17.2 Å². The highest BCUT2D eigenvalue weighted by Crippen LogP contribution is 2.33. The summed E-state index contributed by atoms with van der Waals surface area (Å²) < 4.78 is 7.49. The monoisotopic (exact) mass is 371 g/mol. The largest absolute Gasteiger partial charge is 0.366 e. The van der Waals surface area contributed by atoms with E-state index in [9.17, 15) is 14.4 Å². The number of carbonyl (C=O) groups is 1. The molecule has 2 aromatic rings. The van der Waals surface area contributed by atoms with Crippen LogP contribution in [-0.2, 0) is 11.8 Å². The van der Waals surface area contributed by atoms with Crippen molar-refractivity contribution in [3.8, 4) is 0 Å². The lowest BCUT2D eigenvalue weighted by atomic mass is 9.87. The molecule has 1 saturated heterocycles. The van der Waals surface area contributed by atoms with E-state index in [0.29, 0.717) is 13.1 Å². The molecular formula is C20H25N3O4. The van der Waals surface area contributed by atoms with Crippen molar-refractivity contribution in [3.63, 3.8) is 0 Å². The summed E-state index contributed by atoms with van der Waals surface area (Å²) in [4.78, 5) is 40.6. The van der Waals surface area contributed by atoms with Gasteiger partial charge in [0.15, 0.2) is 0 Å². The van der Waals surface area contributed by atoms with Crippen LogP contribution in [0.5, 0.6) is 0 Å². The van der Waals surface area contributed by atoms with Crippen molar-refractivity contribution in [3.05, 3.63) is 68.5 Å². The number of nitrogens with one attached hydrogen (secondary N) is 1. The second-order valence-corrected chi connectivity index (χ2v) is 8.01. The number of morpholine rings is 1. The molecule has 1 aromatic heterocycles. The summed E-state index contributed by atoms with van der Waals surface area (Å²) in [5.74, 6) is -0.398. The minimum Gasteiger partial charge on any atom is -0.366 e. The van der Waals surface area contributed by atoms with Crippen molar-refractivity contribution in [1.29, 1.82) is 0 Å². The van der Waals surface area contributed by atoms with Gasteiger partial charge in [-0.3, -0.25) is 14.6 Å². The zero-order valence-electron chi connectivity index (χ0n) is 16.1. The summed E-state index contributed by atoms with van der Waals surface area (Å²) in [6.45, 7) is 6.91. The van der Waals surface area contributed by atoms with Crippen LogP contribution in [0.3, 0.4) is 0 Å². The van der Waals surface area contributed by atoms with E-state index in [1.165, 1.54) is 17.8 Å². The predicted octanol–water partition coefficient (Wildman–Crippen LogP) is 1.70. The maximum Gasteiger partial charge on any atom is 0.328 e. The van der Waals surface area contributed by atoms with E-state index in [1.807, 2.05) is 30.3 Å². The zero-order chi connectivity index (χ0) is 19.8. The Morgan fingerprint density at radius 3 is 2.44 bits per heavy atom. The van der Waals surface area contributed by atoms with Gasteiger partial charge in [-0.25, -0.2) is 4.79 Å². The molecule has 1 N–H and O–H groups in total. The summed E-state index contributed by atoms with van der Waals surface area (Å²) in [5.41, 5.74) is -0.453. The Morgan fingerprint density at radius 1 is 1.15 bits per heavy atom. The molecule has 2 heterocycles. The third kappa shape index (κ3) is 4.03. The maximum absolute atomic E-state index is 13.1. The van der Waals surface area contributed by atoms with Gasteiger partial charge in [0, 0.05) is 19.8 Å². The summed E-state index contributed by atoms with van der Waals surface area (Å²) in [6.07, 6.45) is 0.828. The van der Waals surface area contributed by atoms with Crippen molar-refractivity contribution in [2.45, 2.75) is 33.0 Å². The molecule has 144 valence electrons. The standard InChI is InChI=1S/C20H25N3O4/c1-20(2,3)16-12-23(11-15(27-16)13-8-6-5-7-9-13)18(25)14-10-22(4)19(26)21-17(14)24/h5-10,15-16H,11-12H2,1-4H3,(H,21,24,26)/t15-,16+/m0/s1. The molecule has 0 spiro atoms. The van der Waals surface area contributed by atoms with E-state index in [-0.39, 0.29) is 23.2 Å². The first-order chi connectivity index (χ1) is 12.7. The Kier molecular flexibility index (Phi) is 5.06. The molecule has 1 aliphatic heterocycles. The van der Waals surface area contributed by atoms with Crippen LogP contribution < -0.4 is 11.2 Å². The van der Waals surface area contributed by atoms with Gasteiger partial charge < -0.3 is 14.2 Å². The van der Waals surface area contributed by atoms with Crippen LogP contribution >= 0.6 is 0 Å². The highest BCUT2D eigenvalue weighted by molar-refractivity contribution is 5.93. The van der Waals surface area contributed by atoms with Crippen LogP contribution in [0.2, 0.25) is 0 Å². The molecule has 0 saturated carbocycles. The predicted molar refractivity (Wildman–Crippen MR) is 102 cm³/mol. The lowest BCUT2D eigenvalue weighted by Crippen LogP contribution is -2.52. The van der Waals surface area contributed by atoms with Crippen LogP contribution in [0, 0.1) is 5.41 Å². The zero-order valence-corrected chi connectivity index (χ0v) is 16.1. The van der Waals surface area contributed by atoms with Crippen LogP contribution in [0.15, 0.2) is 46.1 Å². The molecule has 2 atom stereocenters. The SMILES string of the molecule is Cn1cc(C(=O)N2C[C@@H](c3ccccc3)O[C@@H](C(C)(C)C)C2)c(=O)[nH]c1=O. The Hall–Kier alpha value is -2.67. The van der Waals surface area contributed by atoms with Crippen molar-refractivity contribution < 1.29 is 9.53 Å². The maximum atomic E-state index is 13.1. The number of carbonyl (C=O) groups excluding carboxylic acids is 1. The van der Waals surface area contributed by atoms with Gasteiger partial charge in [0.05, 0.1) is 12.6 Å². The van der Waals surface area contributed by atoms with Gasteiger partial charge in [-0.15, -0.1) is 0 Å². The second kappa shape index (κ2) is 7.15. The van der Waals surface area contributed by atoms with E-state index in [2.05, 4.69) is 25.8 Å². The fraction of sp³-hybridized carbons (Fsp3) is 0.450. The Labute approximate surface area is 157 Å². The lowest BCUT2D eigenvalue weighted by molar-refractivity contribution is -0.119. The number of aryl methyl sites for hydroxylation is 1. The van der Waals surface area contributed by atoms with E-state index >= 15 is 0 Å². The van der Waals surface area contributed by atoms with Gasteiger partial charge in [-0.05, 0) is 11.0 Å². The minimum absolute atomic E-state index is 0.0431. The Balaban J connectivity index is 1.96. The third-order valence-electron chi connectivity index (χ3n) is 4.86. The molecule has 7 nitrogen and oxygen atoms in total. The number of ether oxygens (including phenoxy) is 1. The first-order valence-corrected chi connectivity index (χ1v) is 8.96. The number of aromatic amines is 1. The topological polar surface area (TPSA) is 84.4 Å². The number of aromatic nitrogens is 2. The number of H-pyrrole nitrogens is 1. The number of benzene rings is 1. The van der Waals surface area contributed by atoms with Crippen LogP contribution in [0.25, 0.3) is 0 Å². The average Bonchev–Trinajstić information content (AvgIpc) is 2.64. The summed E-state index contributed by atoms with van der Waals surface area (Å²) in [7, 11) is 1.50. The van der Waals surface area contributed by atoms with Crippen LogP contribution in [0.4, 0.5) is 0 Å². The first-order valence-electron chi connectivity index (χ1n) is 8.96. The first kappa shape index (κ1) is 19.1. The normalized spacial score (nSPS) is 20.5. The molecule has 0 radical (unpaired) electrons. The van der Waals surface area contributed by atoms with Gasteiger partial charge in [0.25, 0.3) is 11.5 Å². The van der Waals surface area contributed by atoms with Crippen molar-refractivity contribution in [1.82, 2.24) is 14.5 Å². The number of hydrogen-bond acceptors (Lipinski definition) is 4. The fourth-order valence-electron chi connectivity index (χ4n) is 3.14. The highest BCUT2D eigenvalue weighted by atomic mass is 16.5. The second-order valence-electron chi connectivity index (χ2n) is 8.01. The van der Waals surface area contributed by atoms with Crippen molar-refractivity contribution in [2.24, 2.45) is 12.5 Å². The number of rotatable bonds is 2. The molecule has 1 aromatic carbocycles. The average molecular weight is 371 g/mol. The fourth-order valence-corrected chi connectivity index (χ4v) is 3.14. The molecule has 3 rings (SSSR count). The number of nitrogens with zero attached hydrogens (tertiary/aromatic N) is 2. The van der Waals surface area contributed by atoms with E-state index in [4.69, 9.17) is 4.74 Å². The van der Waals surface area contributed by atoms with Gasteiger partial charge >= 0.3 is 5.69 Å². The smallest absolute Gasteiger partial charge is 0.328 e. The lowest BCUT2D eigenvalue weighted by Gasteiger charge is -2.43. The summed E-state index contributed by atoms with van der Waals surface area (Å²) >= 11 is 0. The molecule has 1 fully saturated rings.